The first-order valence-electron chi connectivity index (χ1n) is 33.7. The zero-order valence-corrected chi connectivity index (χ0v) is 67.8. The van der Waals surface area contributed by atoms with E-state index in [0.717, 1.165) is 68.4 Å². The Labute approximate surface area is 680 Å². The zero-order valence-electron chi connectivity index (χ0n) is 61.3. The number of amides is 4. The highest BCUT2D eigenvalue weighted by Gasteiger charge is 2.62. The van der Waals surface area contributed by atoms with Gasteiger partial charge in [-0.25, -0.2) is 48.0 Å². The molecule has 7 rings (SSSR count). The average Bonchev–Trinajstić information content (AvgIpc) is 1.01. The lowest BCUT2D eigenvalue weighted by Crippen LogP contribution is -2.70. The van der Waals surface area contributed by atoms with Crippen LogP contribution in [0, 0.1) is 0 Å². The molecular weight excluding hydrogens is 1770 g/mol. The fourth-order valence-electron chi connectivity index (χ4n) is 13.3. The molecule has 7 aliphatic heterocycles. The molecule has 63 heteroatoms. The Hall–Kier alpha value is -2.77. The summed E-state index contributed by atoms with van der Waals surface area (Å²) in [5, 5.41) is 84.6. The Morgan fingerprint density at radius 2 is 0.845 bits per heavy atom. The number of fused-ring (bicyclic) bond motifs is 1. The number of hydrogen-bond donors (Lipinski definition) is 13. The molecule has 0 radical (unpaired) electrons. The summed E-state index contributed by atoms with van der Waals surface area (Å²) in [6, 6.07) is -1.63. The molecule has 7 aliphatic rings. The summed E-state index contributed by atoms with van der Waals surface area (Å²) in [7, 11) is -8.95. The molecule has 0 aromatic rings. The van der Waals surface area contributed by atoms with Gasteiger partial charge >= 0.3 is 49.2 Å². The lowest BCUT2D eigenvalue weighted by Gasteiger charge is -2.51. The van der Waals surface area contributed by atoms with Gasteiger partial charge in [-0.05, 0) is 25.7 Å². The Morgan fingerprint density at radius 1 is 0.448 bits per heavy atom. The number of methoxy groups -OCH3 is 7. The lowest BCUT2D eigenvalue weighted by atomic mass is 9.94. The Balaban J connectivity index is 1.16. The van der Waals surface area contributed by atoms with Crippen LogP contribution in [-0.2, 0) is 193 Å². The van der Waals surface area contributed by atoms with Crippen molar-refractivity contribution in [1.29, 1.82) is 0 Å². The average molecular weight is 1850 g/mol. The summed E-state index contributed by atoms with van der Waals surface area (Å²) < 4.78 is 252. The highest BCUT2D eigenvalue weighted by Crippen LogP contribution is 2.43. The molecule has 674 valence electrons. The van der Waals surface area contributed by atoms with Crippen molar-refractivity contribution in [1.82, 2.24) is 21.3 Å². The molecule has 7 saturated heterocycles. The van der Waals surface area contributed by atoms with Gasteiger partial charge in [-0.15, -0.1) is 17.3 Å². The van der Waals surface area contributed by atoms with Gasteiger partial charge in [-0.1, -0.05) is 33.0 Å². The van der Waals surface area contributed by atoms with Crippen molar-refractivity contribution >= 4 is 122 Å². The third-order valence-electron chi connectivity index (χ3n) is 18.1. The highest BCUT2D eigenvalue weighted by atomic mass is 32.3. The van der Waals surface area contributed by atoms with E-state index in [2.05, 4.69) is 67.1 Å². The number of unbranched alkanes of at least 4 members (excludes halogenated alkanes) is 3. The van der Waals surface area contributed by atoms with E-state index >= 15 is 0 Å². The van der Waals surface area contributed by atoms with Crippen molar-refractivity contribution in [3.63, 3.8) is 0 Å². The number of nitrogens with one attached hydrogen (secondary N) is 4. The maximum atomic E-state index is 14.0. The van der Waals surface area contributed by atoms with Crippen LogP contribution in [0.3, 0.4) is 0 Å². The molecular formula is C53H88N4O51S8. The second-order valence-corrected chi connectivity index (χ2v) is 31.2. The van der Waals surface area contributed by atoms with E-state index in [1.54, 1.807) is 11.8 Å². The fraction of sp³-hybridized carbons (Fsp3) is 0.906. The van der Waals surface area contributed by atoms with Crippen LogP contribution in [0.15, 0.2) is 0 Å². The number of ether oxygens (including phenoxy) is 16. The number of rotatable bonds is 54. The van der Waals surface area contributed by atoms with Crippen molar-refractivity contribution in [3.8, 4) is 0 Å². The van der Waals surface area contributed by atoms with Gasteiger partial charge in [0.1, 0.15) is 97.6 Å². The summed E-state index contributed by atoms with van der Waals surface area (Å²) in [5.74, 6) is -3.95. The monoisotopic (exact) mass is 1850 g/mol. The van der Waals surface area contributed by atoms with E-state index in [-0.39, 0.29) is 104 Å². The lowest BCUT2D eigenvalue weighted by molar-refractivity contribution is -0.437. The van der Waals surface area contributed by atoms with Gasteiger partial charge in [0.25, 0.3) is 0 Å². The number of aliphatic carboxylic acids is 2. The number of carbonyl (C=O) groups excluding carboxylic acids is 3. The summed E-state index contributed by atoms with van der Waals surface area (Å²) in [6.07, 6.45) is -44.8. The van der Waals surface area contributed by atoms with Crippen LogP contribution in [0.2, 0.25) is 0 Å². The predicted octanol–water partition coefficient (Wildman–Crippen LogP) is -2.12. The van der Waals surface area contributed by atoms with Gasteiger partial charge in [0.05, 0.1) is 31.9 Å². The van der Waals surface area contributed by atoms with Gasteiger partial charge in [0.2, 0.25) is 11.8 Å². The van der Waals surface area contributed by atoms with E-state index in [9.17, 15) is 83.6 Å². The van der Waals surface area contributed by atoms with E-state index < -0.39 is 222 Å². The van der Waals surface area contributed by atoms with Gasteiger partial charge < -0.3 is 107 Å². The van der Waals surface area contributed by atoms with Gasteiger partial charge in [0, 0.05) is 80.2 Å². The standard InChI is InChI=1S/C53H88N4O51S8/c1-78-30-22(17-85-114(69,70)71)88-48(29(33(30)79-2)56-27(59)15-9-8-12-16-54-26(58)14-11-10-13-25-28-21(20-109-25)55-53(64)57-28)93-36-34(80-3)42(82-5)50(95-40(36)46(60)61)92-32-24(19-87-116(75,76)77)90-52(45(100-113-108-104-68)39(32)98-111-106-102-66)94-37-35(81-4)43(83-6)51(96-41(37)47(62)63)91-31-23(18-86-115(72,73)74)89-49(84-7)44(99-112-107-103-67)38(31)97-110-105-101-65/h21-25,28-45,48-52,65-68H,8-20H2,1-7H3,(H,54,58)(H,56,59)(H,60,61)(H,62,63)(H2,55,57,64)(H,69,70,71)(H,72,73,74)(H,75,76,77)/t21?,22?,23?,24-,25?,28?,29?,30+,31+,32-,33-,34+,35?,36-,37+,38+,39?,40?,41-,42?,43?,44?,45?,48+,49-,50-,51+,52-/m1/s1. The molecule has 116 heavy (non-hydrogen) atoms. The third kappa shape index (κ3) is 29.4. The van der Waals surface area contributed by atoms with Crippen molar-refractivity contribution < 1.29 is 237 Å². The molecule has 0 spiro atoms. The molecule has 4 amide bonds. The number of urea groups is 1. The zero-order chi connectivity index (χ0) is 85.0. The fourth-order valence-corrected chi connectivity index (χ4v) is 17.2. The maximum Gasteiger partial charge on any atom is 0.397 e. The van der Waals surface area contributed by atoms with Crippen LogP contribution >= 0.6 is 61.1 Å². The van der Waals surface area contributed by atoms with E-state index in [1.807, 2.05) is 0 Å². The quantitative estimate of drug-likeness (QED) is 0.00773. The largest absolute Gasteiger partial charge is 0.479 e. The highest BCUT2D eigenvalue weighted by molar-refractivity contribution is 8.00. The van der Waals surface area contributed by atoms with Crippen LogP contribution in [0.25, 0.3) is 0 Å². The molecule has 13 N–H and O–H groups in total. The minimum Gasteiger partial charge on any atom is -0.479 e. The number of hydrogen-bond acceptors (Lipinski definition) is 51. The molecule has 7 heterocycles. The number of thioether (sulfide) groups is 1. The molecule has 0 aliphatic carbocycles. The first-order chi connectivity index (χ1) is 55.3. The second-order valence-electron chi connectivity index (χ2n) is 24.8. The maximum absolute atomic E-state index is 14.0. The van der Waals surface area contributed by atoms with E-state index in [0.29, 0.717) is 19.3 Å². The van der Waals surface area contributed by atoms with Gasteiger partial charge in [-0.2, -0.15) is 37.0 Å². The number of carboxylic acid groups (broad SMARTS) is 2. The molecule has 0 aromatic heterocycles. The Morgan fingerprint density at radius 3 is 1.28 bits per heavy atom. The first kappa shape index (κ1) is 100. The van der Waals surface area contributed by atoms with Crippen molar-refractivity contribution in [3.05, 3.63) is 0 Å². The molecule has 0 bridgehead atoms. The van der Waals surface area contributed by atoms with E-state index in [1.165, 1.54) is 0 Å². The summed E-state index contributed by atoms with van der Waals surface area (Å²) in [5.41, 5.74) is 0. The predicted molar refractivity (Wildman–Crippen MR) is 369 cm³/mol. The first-order valence-corrected chi connectivity index (χ1v) is 41.5. The smallest absolute Gasteiger partial charge is 0.397 e. The van der Waals surface area contributed by atoms with Crippen LogP contribution in [0.1, 0.15) is 51.4 Å². The normalized spacial score (nSPS) is 35.0. The minimum atomic E-state index is -5.60. The molecule has 0 saturated carbocycles. The Kier molecular flexibility index (Phi) is 42.9. The van der Waals surface area contributed by atoms with Crippen LogP contribution in [0.5, 0.6) is 0 Å². The molecule has 7 fully saturated rings. The molecule has 28 atom stereocenters. The van der Waals surface area contributed by atoms with Crippen LogP contribution in [-0.4, -0.2) is 353 Å². The molecule has 13 unspecified atom stereocenters. The third-order valence-corrected chi connectivity index (χ3v) is 22.6. The molecule has 0 aromatic carbocycles. The minimum absolute atomic E-state index is 0.0394. The van der Waals surface area contributed by atoms with Gasteiger partial charge in [0.15, 0.2) is 105 Å². The topological polar surface area (TPSA) is 704 Å². The van der Waals surface area contributed by atoms with Crippen molar-refractivity contribution in [2.24, 2.45) is 0 Å². The Bertz CT molecular complexity index is 3350. The summed E-state index contributed by atoms with van der Waals surface area (Å²) >= 11 is 0.885. The van der Waals surface area contributed by atoms with E-state index in [4.69, 9.17) is 107 Å². The van der Waals surface area contributed by atoms with Crippen LogP contribution < -0.4 is 21.3 Å². The number of carbonyl (C=O) groups is 5. The van der Waals surface area contributed by atoms with Crippen LogP contribution in [0.4, 0.5) is 4.79 Å². The summed E-state index contributed by atoms with van der Waals surface area (Å²) in [4.78, 5) is 65.9. The summed E-state index contributed by atoms with van der Waals surface area (Å²) in [6.45, 7) is -3.43. The van der Waals surface area contributed by atoms with Gasteiger partial charge in [-0.3, -0.25) is 40.0 Å². The van der Waals surface area contributed by atoms with Crippen molar-refractivity contribution in [2.45, 2.75) is 222 Å². The second kappa shape index (κ2) is 49.7. The number of carboxylic acids is 2. The SMILES string of the molecule is COC1C(OC)[C@H](O[C@H]2O[C@H](COS(=O)(=O)O)[C@@H](O[C@@H]3OC(C(=O)O)[C@H](O[C@@H]4OC(COS(=O)(=O)O)[C@H](OC)[C@H](OC)C4NC(=O)CCCCCNC(=O)CCCCC4SCC5NC(=O)NC54)[C@H](OC)C3OC)C(OSOOO)C2OSOOO)[C@H](C(=O)O)O[C@@H]1O[C@H]1C(COS(=O)(=O)O)O[C@@H](OC)C(OSOOO)[C@H]1OSOOO. The van der Waals surface area contributed by atoms with Crippen molar-refractivity contribution in [2.75, 3.05) is 81.9 Å². The molecule has 55 nitrogen and oxygen atoms in total.